The number of rotatable bonds is 4. The number of aromatic nitrogens is 2. The second-order valence-electron chi connectivity index (χ2n) is 4.40. The highest BCUT2D eigenvalue weighted by atomic mass is 32.1. The monoisotopic (exact) mass is 295 g/mol. The van der Waals surface area contributed by atoms with Crippen LogP contribution >= 0.6 is 11.3 Å². The second-order valence-corrected chi connectivity index (χ2v) is 5.32. The normalized spacial score (nSPS) is 12.3. The number of hydrogen-bond acceptors (Lipinski definition) is 5. The van der Waals surface area contributed by atoms with Gasteiger partial charge >= 0.3 is 5.97 Å². The Morgan fingerprint density at radius 3 is 2.90 bits per heavy atom. The highest BCUT2D eigenvalue weighted by Gasteiger charge is 2.24. The number of hydrogen-bond donors (Lipinski definition) is 2. The Hall–Kier alpha value is -2.22. The zero-order chi connectivity index (χ0) is 14.9. The van der Waals surface area contributed by atoms with Gasteiger partial charge in [0.05, 0.1) is 12.1 Å². The summed E-state index contributed by atoms with van der Waals surface area (Å²) in [5, 5.41) is 10.6. The van der Waals surface area contributed by atoms with E-state index >= 15 is 0 Å². The van der Waals surface area contributed by atoms with Gasteiger partial charge in [-0.25, -0.2) is 4.98 Å². The SMILES string of the molecule is CC(C(=O)O)C(=O)N(C)Cc1nc2ccsc2c(=O)[nH]1. The van der Waals surface area contributed by atoms with E-state index in [-0.39, 0.29) is 12.1 Å². The molecule has 0 radical (unpaired) electrons. The number of carbonyl (C=O) groups excluding carboxylic acids is 1. The largest absolute Gasteiger partial charge is 0.481 e. The van der Waals surface area contributed by atoms with Gasteiger partial charge in [-0.15, -0.1) is 11.3 Å². The molecule has 2 aromatic rings. The van der Waals surface area contributed by atoms with Crippen molar-refractivity contribution in [3.8, 4) is 0 Å². The average Bonchev–Trinajstić information content (AvgIpc) is 2.85. The Morgan fingerprint density at radius 1 is 1.55 bits per heavy atom. The maximum atomic E-state index is 11.8. The number of aromatic amines is 1. The quantitative estimate of drug-likeness (QED) is 0.807. The average molecular weight is 295 g/mol. The maximum absolute atomic E-state index is 11.8. The van der Waals surface area contributed by atoms with Crippen molar-refractivity contribution in [2.75, 3.05) is 7.05 Å². The summed E-state index contributed by atoms with van der Waals surface area (Å²) < 4.78 is 0.529. The number of fused-ring (bicyclic) bond motifs is 1. The molecule has 8 heteroatoms. The van der Waals surface area contributed by atoms with E-state index in [4.69, 9.17) is 5.11 Å². The first-order valence-corrected chi connectivity index (χ1v) is 6.72. The topological polar surface area (TPSA) is 103 Å². The van der Waals surface area contributed by atoms with Gasteiger partial charge in [-0.3, -0.25) is 14.4 Å². The van der Waals surface area contributed by atoms with E-state index in [0.717, 1.165) is 0 Å². The molecule has 1 amide bonds. The van der Waals surface area contributed by atoms with Crippen LogP contribution in [-0.2, 0) is 16.1 Å². The number of amides is 1. The summed E-state index contributed by atoms with van der Waals surface area (Å²) >= 11 is 1.29. The number of nitrogens with zero attached hydrogens (tertiary/aromatic N) is 2. The lowest BCUT2D eigenvalue weighted by atomic mass is 10.1. The summed E-state index contributed by atoms with van der Waals surface area (Å²) in [6.07, 6.45) is 0. The second kappa shape index (κ2) is 5.41. The van der Waals surface area contributed by atoms with Gasteiger partial charge in [0, 0.05) is 7.05 Å². The van der Waals surface area contributed by atoms with Gasteiger partial charge in [-0.05, 0) is 18.4 Å². The van der Waals surface area contributed by atoms with Crippen molar-refractivity contribution in [1.29, 1.82) is 0 Å². The van der Waals surface area contributed by atoms with Crippen molar-refractivity contribution in [2.24, 2.45) is 5.92 Å². The van der Waals surface area contributed by atoms with Gasteiger partial charge in [0.15, 0.2) is 0 Å². The summed E-state index contributed by atoms with van der Waals surface area (Å²) in [6.45, 7) is 1.37. The standard InChI is InChI=1S/C12H13N3O4S/c1-6(12(18)19)11(17)15(2)5-8-13-7-3-4-20-9(7)10(16)14-8/h3-4,6H,5H2,1-2H3,(H,18,19)(H,13,14,16). The summed E-state index contributed by atoms with van der Waals surface area (Å²) in [6, 6.07) is 1.72. The maximum Gasteiger partial charge on any atom is 0.315 e. The minimum Gasteiger partial charge on any atom is -0.481 e. The molecule has 106 valence electrons. The molecule has 0 aromatic carbocycles. The minimum absolute atomic E-state index is 0.0531. The first kappa shape index (κ1) is 14.2. The third kappa shape index (κ3) is 2.69. The predicted octanol–water partition coefficient (Wildman–Crippen LogP) is 0.664. The molecule has 2 heterocycles. The Morgan fingerprint density at radius 2 is 2.25 bits per heavy atom. The molecule has 1 atom stereocenters. The van der Waals surface area contributed by atoms with Gasteiger partial charge in [0.25, 0.3) is 5.56 Å². The van der Waals surface area contributed by atoms with Crippen molar-refractivity contribution < 1.29 is 14.7 Å². The van der Waals surface area contributed by atoms with Gasteiger partial charge in [0.2, 0.25) is 5.91 Å². The Bertz CT molecular complexity index is 721. The highest BCUT2D eigenvalue weighted by molar-refractivity contribution is 7.17. The molecule has 0 fully saturated rings. The smallest absolute Gasteiger partial charge is 0.315 e. The number of aliphatic carboxylic acids is 1. The van der Waals surface area contributed by atoms with Crippen LogP contribution in [0.1, 0.15) is 12.7 Å². The Kier molecular flexibility index (Phi) is 3.84. The van der Waals surface area contributed by atoms with Crippen LogP contribution in [0.4, 0.5) is 0 Å². The van der Waals surface area contributed by atoms with Gasteiger partial charge in [-0.2, -0.15) is 0 Å². The van der Waals surface area contributed by atoms with E-state index in [9.17, 15) is 14.4 Å². The van der Waals surface area contributed by atoms with Crippen molar-refractivity contribution in [3.63, 3.8) is 0 Å². The van der Waals surface area contributed by atoms with Gasteiger partial charge < -0.3 is 15.0 Å². The molecule has 1 unspecified atom stereocenters. The molecular formula is C12H13N3O4S. The zero-order valence-corrected chi connectivity index (χ0v) is 11.7. The van der Waals surface area contributed by atoms with Crippen LogP contribution < -0.4 is 5.56 Å². The predicted molar refractivity (Wildman–Crippen MR) is 73.5 cm³/mol. The number of nitrogens with one attached hydrogen (secondary N) is 1. The number of carbonyl (C=O) groups is 2. The molecule has 0 aliphatic carbocycles. The Balaban J connectivity index is 2.21. The highest BCUT2D eigenvalue weighted by Crippen LogP contribution is 2.14. The number of carboxylic acids is 1. The molecule has 2 aromatic heterocycles. The molecule has 0 spiro atoms. The van der Waals surface area contributed by atoms with E-state index in [1.807, 2.05) is 0 Å². The van der Waals surface area contributed by atoms with Crippen LogP contribution in [0.5, 0.6) is 0 Å². The van der Waals surface area contributed by atoms with Crippen LogP contribution in [0.15, 0.2) is 16.2 Å². The molecule has 20 heavy (non-hydrogen) atoms. The fraction of sp³-hybridized carbons (Fsp3) is 0.333. The fourth-order valence-corrected chi connectivity index (χ4v) is 2.46. The molecule has 0 bridgehead atoms. The number of thiophene rings is 1. The molecule has 0 aliphatic heterocycles. The Labute approximate surface area is 117 Å². The molecule has 0 saturated carbocycles. The van der Waals surface area contributed by atoms with Gasteiger partial charge in [0.1, 0.15) is 16.4 Å². The number of H-pyrrole nitrogens is 1. The summed E-state index contributed by atoms with van der Waals surface area (Å²) in [7, 11) is 1.47. The molecule has 2 rings (SSSR count). The third-order valence-electron chi connectivity index (χ3n) is 2.87. The van der Waals surface area contributed by atoms with Crippen LogP contribution in [0, 0.1) is 5.92 Å². The van der Waals surface area contributed by atoms with Crippen molar-refractivity contribution in [2.45, 2.75) is 13.5 Å². The van der Waals surface area contributed by atoms with Crippen molar-refractivity contribution in [1.82, 2.24) is 14.9 Å². The molecular weight excluding hydrogens is 282 g/mol. The van der Waals surface area contributed by atoms with Crippen molar-refractivity contribution in [3.05, 3.63) is 27.6 Å². The van der Waals surface area contributed by atoms with Crippen molar-refractivity contribution >= 4 is 33.4 Å². The van der Waals surface area contributed by atoms with Gasteiger partial charge in [-0.1, -0.05) is 0 Å². The summed E-state index contributed by atoms with van der Waals surface area (Å²) in [5.41, 5.74) is 0.313. The third-order valence-corrected chi connectivity index (χ3v) is 3.77. The van der Waals surface area contributed by atoms with E-state index in [1.54, 1.807) is 11.4 Å². The first-order chi connectivity index (χ1) is 9.40. The fourth-order valence-electron chi connectivity index (χ4n) is 1.74. The van der Waals surface area contributed by atoms with E-state index in [0.29, 0.717) is 16.0 Å². The zero-order valence-electron chi connectivity index (χ0n) is 10.9. The molecule has 7 nitrogen and oxygen atoms in total. The first-order valence-electron chi connectivity index (χ1n) is 5.84. The van der Waals surface area contributed by atoms with Crippen LogP contribution in [0.25, 0.3) is 10.2 Å². The molecule has 0 saturated heterocycles. The lowest BCUT2D eigenvalue weighted by Crippen LogP contribution is -2.35. The number of carboxylic acid groups (broad SMARTS) is 1. The lowest BCUT2D eigenvalue weighted by molar-refractivity contribution is -0.150. The van der Waals surface area contributed by atoms with Crippen LogP contribution in [-0.4, -0.2) is 38.9 Å². The minimum atomic E-state index is -1.18. The summed E-state index contributed by atoms with van der Waals surface area (Å²) in [5.74, 6) is -2.52. The van der Waals surface area contributed by atoms with E-state index in [1.165, 1.54) is 30.2 Å². The molecule has 0 aliphatic rings. The lowest BCUT2D eigenvalue weighted by Gasteiger charge is -2.18. The van der Waals surface area contributed by atoms with Crippen LogP contribution in [0.3, 0.4) is 0 Å². The van der Waals surface area contributed by atoms with E-state index in [2.05, 4.69) is 9.97 Å². The summed E-state index contributed by atoms with van der Waals surface area (Å²) in [4.78, 5) is 42.4. The van der Waals surface area contributed by atoms with Crippen LogP contribution in [0.2, 0.25) is 0 Å². The van der Waals surface area contributed by atoms with E-state index < -0.39 is 17.8 Å². The molecule has 2 N–H and O–H groups in total.